The molecule has 0 aliphatic heterocycles. The van der Waals surface area contributed by atoms with E-state index < -0.39 is 17.2 Å². The predicted octanol–water partition coefficient (Wildman–Crippen LogP) is 2.75. The third kappa shape index (κ3) is 3.19. The maximum Gasteiger partial charge on any atom is 0.408 e. The highest BCUT2D eigenvalue weighted by atomic mass is 79.9. The van der Waals surface area contributed by atoms with Crippen molar-refractivity contribution in [1.82, 2.24) is 15.3 Å². The van der Waals surface area contributed by atoms with E-state index in [1.807, 2.05) is 20.8 Å². The lowest BCUT2D eigenvalue weighted by molar-refractivity contribution is 0.0492. The fraction of sp³-hybridized carbons (Fsp3) is 0.583. The second-order valence-corrected chi connectivity index (χ2v) is 6.35. The van der Waals surface area contributed by atoms with E-state index in [9.17, 15) is 4.79 Å². The Balaban J connectivity index is 2.04. The molecule has 0 radical (unpaired) electrons. The molecule has 0 saturated heterocycles. The van der Waals surface area contributed by atoms with Crippen LogP contribution in [0.2, 0.25) is 0 Å². The van der Waals surface area contributed by atoms with E-state index in [4.69, 9.17) is 4.74 Å². The minimum absolute atomic E-state index is 0.425. The Labute approximate surface area is 114 Å². The standard InChI is InChI=1S/C12H16BrN3O2/c1-11(2,3)18-10(17)16-12(4-5-12)9-14-6-8(13)7-15-9/h6-7H,4-5H2,1-3H3,(H,16,17). The summed E-state index contributed by atoms with van der Waals surface area (Å²) < 4.78 is 6.06. The Morgan fingerprint density at radius 2 is 1.94 bits per heavy atom. The first-order valence-corrected chi connectivity index (χ1v) is 6.59. The van der Waals surface area contributed by atoms with Crippen molar-refractivity contribution in [2.75, 3.05) is 0 Å². The summed E-state index contributed by atoms with van der Waals surface area (Å²) in [6.45, 7) is 5.51. The van der Waals surface area contributed by atoms with Gasteiger partial charge in [-0.2, -0.15) is 0 Å². The molecule has 1 fully saturated rings. The molecule has 1 aliphatic carbocycles. The minimum Gasteiger partial charge on any atom is -0.444 e. The molecule has 1 aromatic rings. The largest absolute Gasteiger partial charge is 0.444 e. The lowest BCUT2D eigenvalue weighted by Crippen LogP contribution is -2.40. The van der Waals surface area contributed by atoms with E-state index in [1.165, 1.54) is 0 Å². The van der Waals surface area contributed by atoms with Crippen LogP contribution in [0.1, 0.15) is 39.4 Å². The highest BCUT2D eigenvalue weighted by Crippen LogP contribution is 2.43. The van der Waals surface area contributed by atoms with Crippen LogP contribution in [-0.2, 0) is 10.3 Å². The van der Waals surface area contributed by atoms with Crippen LogP contribution in [0.4, 0.5) is 4.79 Å². The molecule has 6 heteroatoms. The average Bonchev–Trinajstić information content (AvgIpc) is 2.96. The molecule has 18 heavy (non-hydrogen) atoms. The fourth-order valence-corrected chi connectivity index (χ4v) is 1.79. The number of hydrogen-bond donors (Lipinski definition) is 1. The smallest absolute Gasteiger partial charge is 0.408 e. The Bertz CT molecular complexity index is 449. The van der Waals surface area contributed by atoms with Crippen LogP contribution < -0.4 is 5.32 Å². The third-order valence-corrected chi connectivity index (χ3v) is 2.95. The summed E-state index contributed by atoms with van der Waals surface area (Å²) in [4.78, 5) is 20.2. The third-order valence-electron chi connectivity index (χ3n) is 2.54. The van der Waals surface area contributed by atoms with Gasteiger partial charge in [0.15, 0.2) is 5.82 Å². The Morgan fingerprint density at radius 3 is 2.39 bits per heavy atom. The van der Waals surface area contributed by atoms with Crippen molar-refractivity contribution in [3.8, 4) is 0 Å². The number of amides is 1. The SMILES string of the molecule is CC(C)(C)OC(=O)NC1(c2ncc(Br)cn2)CC1. The first kappa shape index (κ1) is 13.3. The van der Waals surface area contributed by atoms with Crippen LogP contribution in [0.5, 0.6) is 0 Å². The topological polar surface area (TPSA) is 64.1 Å². The molecule has 0 unspecified atom stereocenters. The van der Waals surface area contributed by atoms with Crippen LogP contribution in [0.25, 0.3) is 0 Å². The fourth-order valence-electron chi connectivity index (χ4n) is 1.59. The number of halogens is 1. The number of carbonyl (C=O) groups is 1. The number of nitrogens with one attached hydrogen (secondary N) is 1. The molecule has 98 valence electrons. The van der Waals surface area contributed by atoms with Gasteiger partial charge in [0.05, 0.1) is 4.47 Å². The zero-order valence-electron chi connectivity index (χ0n) is 10.7. The molecule has 0 atom stereocenters. The van der Waals surface area contributed by atoms with Crippen molar-refractivity contribution in [2.24, 2.45) is 0 Å². The summed E-state index contributed by atoms with van der Waals surface area (Å²) in [5, 5.41) is 2.86. The van der Waals surface area contributed by atoms with Crippen LogP contribution in [0.3, 0.4) is 0 Å². The van der Waals surface area contributed by atoms with Gasteiger partial charge in [-0.1, -0.05) is 0 Å². The minimum atomic E-state index is -0.499. The van der Waals surface area contributed by atoms with Gasteiger partial charge in [-0.05, 0) is 49.5 Å². The number of hydrogen-bond acceptors (Lipinski definition) is 4. The van der Waals surface area contributed by atoms with Gasteiger partial charge in [0, 0.05) is 12.4 Å². The van der Waals surface area contributed by atoms with Crippen LogP contribution in [0.15, 0.2) is 16.9 Å². The summed E-state index contributed by atoms with van der Waals surface area (Å²) in [6.07, 6.45) is 4.62. The lowest BCUT2D eigenvalue weighted by atomic mass is 10.2. The highest BCUT2D eigenvalue weighted by molar-refractivity contribution is 9.10. The summed E-state index contributed by atoms with van der Waals surface area (Å²) in [5.74, 6) is 0.636. The maximum atomic E-state index is 11.8. The highest BCUT2D eigenvalue weighted by Gasteiger charge is 2.49. The van der Waals surface area contributed by atoms with Gasteiger partial charge >= 0.3 is 6.09 Å². The Hall–Kier alpha value is -1.17. The molecular formula is C12H16BrN3O2. The molecule has 0 bridgehead atoms. The van der Waals surface area contributed by atoms with Crippen LogP contribution in [0, 0.1) is 0 Å². The monoisotopic (exact) mass is 313 g/mol. The molecule has 1 aromatic heterocycles. The van der Waals surface area contributed by atoms with E-state index in [2.05, 4.69) is 31.2 Å². The normalized spacial score (nSPS) is 17.1. The zero-order chi connectivity index (χ0) is 13.4. The van der Waals surface area contributed by atoms with Gasteiger partial charge in [-0.3, -0.25) is 0 Å². The number of nitrogens with zero attached hydrogens (tertiary/aromatic N) is 2. The van der Waals surface area contributed by atoms with Gasteiger partial charge in [0.25, 0.3) is 0 Å². The zero-order valence-corrected chi connectivity index (χ0v) is 12.2. The quantitative estimate of drug-likeness (QED) is 0.911. The van der Waals surface area contributed by atoms with E-state index in [0.717, 1.165) is 17.3 Å². The molecule has 1 aliphatic rings. The first-order chi connectivity index (χ1) is 8.31. The van der Waals surface area contributed by atoms with Crippen LogP contribution >= 0.6 is 15.9 Å². The summed E-state index contributed by atoms with van der Waals surface area (Å²) >= 11 is 3.29. The summed E-state index contributed by atoms with van der Waals surface area (Å²) in [6, 6.07) is 0. The molecule has 1 heterocycles. The number of carbonyl (C=O) groups excluding carboxylic acids is 1. The predicted molar refractivity (Wildman–Crippen MR) is 70.0 cm³/mol. The van der Waals surface area contributed by atoms with Crippen molar-refractivity contribution in [3.63, 3.8) is 0 Å². The molecule has 1 N–H and O–H groups in total. The molecule has 1 amide bonds. The molecule has 0 aromatic carbocycles. The molecule has 0 spiro atoms. The van der Waals surface area contributed by atoms with Crippen molar-refractivity contribution >= 4 is 22.0 Å². The van der Waals surface area contributed by atoms with Crippen molar-refractivity contribution in [2.45, 2.75) is 44.8 Å². The van der Waals surface area contributed by atoms with E-state index in [-0.39, 0.29) is 0 Å². The lowest BCUT2D eigenvalue weighted by Gasteiger charge is -2.22. The Morgan fingerprint density at radius 1 is 1.39 bits per heavy atom. The first-order valence-electron chi connectivity index (χ1n) is 5.80. The van der Waals surface area contributed by atoms with Gasteiger partial charge in [-0.15, -0.1) is 0 Å². The molecule has 2 rings (SSSR count). The van der Waals surface area contributed by atoms with Gasteiger partial charge in [0.1, 0.15) is 11.1 Å². The Kier molecular flexibility index (Phi) is 3.31. The summed E-state index contributed by atoms with van der Waals surface area (Å²) in [7, 11) is 0. The second-order valence-electron chi connectivity index (χ2n) is 5.43. The van der Waals surface area contributed by atoms with E-state index >= 15 is 0 Å². The second kappa shape index (κ2) is 4.50. The van der Waals surface area contributed by atoms with Crippen molar-refractivity contribution < 1.29 is 9.53 Å². The number of aromatic nitrogens is 2. The van der Waals surface area contributed by atoms with Crippen molar-refractivity contribution in [3.05, 3.63) is 22.7 Å². The maximum absolute atomic E-state index is 11.8. The van der Waals surface area contributed by atoms with Gasteiger partial charge in [0.2, 0.25) is 0 Å². The molecule has 5 nitrogen and oxygen atoms in total. The average molecular weight is 314 g/mol. The number of rotatable bonds is 2. The number of alkyl carbamates (subject to hydrolysis) is 1. The summed E-state index contributed by atoms with van der Waals surface area (Å²) in [5.41, 5.74) is -0.941. The van der Waals surface area contributed by atoms with Gasteiger partial charge < -0.3 is 10.1 Å². The van der Waals surface area contributed by atoms with E-state index in [1.54, 1.807) is 12.4 Å². The van der Waals surface area contributed by atoms with Gasteiger partial charge in [-0.25, -0.2) is 14.8 Å². The number of ether oxygens (including phenoxy) is 1. The van der Waals surface area contributed by atoms with Crippen molar-refractivity contribution in [1.29, 1.82) is 0 Å². The van der Waals surface area contributed by atoms with Crippen LogP contribution in [-0.4, -0.2) is 21.7 Å². The molecular weight excluding hydrogens is 298 g/mol. The van der Waals surface area contributed by atoms with E-state index in [0.29, 0.717) is 5.82 Å². The molecule has 1 saturated carbocycles.